The molecule has 6 nitrogen and oxygen atoms in total. The van der Waals surface area contributed by atoms with Crippen molar-refractivity contribution in [3.05, 3.63) is 60.8 Å². The van der Waals surface area contributed by atoms with Crippen LogP contribution in [-0.2, 0) is 14.3 Å². The molecule has 0 aromatic heterocycles. The zero-order valence-corrected chi connectivity index (χ0v) is 52.1. The van der Waals surface area contributed by atoms with Crippen molar-refractivity contribution in [1.82, 2.24) is 5.32 Å². The lowest BCUT2D eigenvalue weighted by atomic mass is 10.0. The van der Waals surface area contributed by atoms with Crippen LogP contribution in [0.5, 0.6) is 0 Å². The number of rotatable bonds is 64. The SMILES string of the molecule is CCC/C=C\C/C=C\CCCCCCCC(=O)OCCCCCCCCCCCCCCCCC/C=C\C/C=C\CCCCCCCCCCCCCCCCCCCC(=O)NC(CO)C(O)/C=C/CCCCCCCCC. The second kappa shape index (κ2) is 67.1. The number of hydrogen-bond donors (Lipinski definition) is 3. The molecule has 1 amide bonds. The monoisotopic (exact) mass is 1090 g/mol. The van der Waals surface area contributed by atoms with Gasteiger partial charge in [0.05, 0.1) is 25.4 Å². The maximum absolute atomic E-state index is 12.4. The Labute approximate surface area is 486 Å². The van der Waals surface area contributed by atoms with Gasteiger partial charge < -0.3 is 20.3 Å². The van der Waals surface area contributed by atoms with Gasteiger partial charge in [-0.05, 0) is 89.9 Å². The van der Waals surface area contributed by atoms with Gasteiger partial charge in [0.2, 0.25) is 5.91 Å². The summed E-state index contributed by atoms with van der Waals surface area (Å²) in [5.41, 5.74) is 0. The summed E-state index contributed by atoms with van der Waals surface area (Å²) >= 11 is 0. The summed E-state index contributed by atoms with van der Waals surface area (Å²) in [6.45, 7) is 4.82. The lowest BCUT2D eigenvalue weighted by Crippen LogP contribution is -2.45. The molecule has 0 heterocycles. The van der Waals surface area contributed by atoms with Crippen molar-refractivity contribution < 1.29 is 24.5 Å². The van der Waals surface area contributed by atoms with Crippen molar-refractivity contribution in [2.45, 2.75) is 373 Å². The van der Waals surface area contributed by atoms with Crippen LogP contribution in [0.1, 0.15) is 361 Å². The Morgan fingerprint density at radius 1 is 0.359 bits per heavy atom. The zero-order valence-electron chi connectivity index (χ0n) is 52.1. The molecule has 2 unspecified atom stereocenters. The summed E-state index contributed by atoms with van der Waals surface area (Å²) < 4.78 is 5.47. The van der Waals surface area contributed by atoms with Crippen LogP contribution in [0.15, 0.2) is 60.8 Å². The Balaban J connectivity index is 3.34. The van der Waals surface area contributed by atoms with Gasteiger partial charge in [0.25, 0.3) is 0 Å². The number of hydrogen-bond acceptors (Lipinski definition) is 5. The standard InChI is InChI=1S/C72H133NO5/c1-3-5-7-9-11-13-14-42-46-50-54-58-62-66-72(77)78-67-63-59-55-51-47-44-41-39-37-35-33-31-29-27-25-23-21-19-17-15-16-18-20-22-24-26-28-30-32-34-36-38-40-43-45-49-53-57-61-65-71(76)73-69(68-74)70(75)64-60-56-52-48-12-10-8-6-4-2/h7,9,13-16,19,21,60,64,69-70,74-75H,3-6,8,10-12,17-18,20,22-59,61-63,65-68H2,1-2H3,(H,73,76)/b9-7-,14-13-,16-15-,21-19-,64-60+. The topological polar surface area (TPSA) is 95.9 Å². The number of aliphatic hydroxyl groups is 2. The lowest BCUT2D eigenvalue weighted by Gasteiger charge is -2.20. The summed E-state index contributed by atoms with van der Waals surface area (Å²) in [4.78, 5) is 24.4. The van der Waals surface area contributed by atoms with E-state index in [0.29, 0.717) is 19.4 Å². The van der Waals surface area contributed by atoms with Gasteiger partial charge in [-0.15, -0.1) is 0 Å². The first-order valence-corrected chi connectivity index (χ1v) is 34.6. The lowest BCUT2D eigenvalue weighted by molar-refractivity contribution is -0.143. The highest BCUT2D eigenvalue weighted by atomic mass is 16.5. The molecule has 3 N–H and O–H groups in total. The van der Waals surface area contributed by atoms with Crippen molar-refractivity contribution >= 4 is 11.9 Å². The van der Waals surface area contributed by atoms with Crippen LogP contribution in [0.25, 0.3) is 0 Å². The van der Waals surface area contributed by atoms with E-state index in [1.807, 2.05) is 6.08 Å². The summed E-state index contributed by atoms with van der Waals surface area (Å²) in [6, 6.07) is -0.624. The molecule has 0 aliphatic rings. The summed E-state index contributed by atoms with van der Waals surface area (Å²) in [6.07, 6.45) is 89.0. The first-order chi connectivity index (χ1) is 38.5. The fourth-order valence-electron chi connectivity index (χ4n) is 10.5. The summed E-state index contributed by atoms with van der Waals surface area (Å²) in [5.74, 6) is -0.0628. The average molecular weight is 1090 g/mol. The number of allylic oxidation sites excluding steroid dienone is 9. The van der Waals surface area contributed by atoms with E-state index in [4.69, 9.17) is 4.74 Å². The van der Waals surface area contributed by atoms with E-state index in [9.17, 15) is 19.8 Å². The number of nitrogens with one attached hydrogen (secondary N) is 1. The Morgan fingerprint density at radius 3 is 1.03 bits per heavy atom. The quantitative estimate of drug-likeness (QED) is 0.0320. The molecule has 0 aliphatic heterocycles. The first kappa shape index (κ1) is 75.6. The van der Waals surface area contributed by atoms with E-state index in [0.717, 1.165) is 57.8 Å². The van der Waals surface area contributed by atoms with E-state index >= 15 is 0 Å². The minimum absolute atomic E-state index is 0.00429. The number of amides is 1. The van der Waals surface area contributed by atoms with E-state index in [1.54, 1.807) is 6.08 Å². The molecular weight excluding hydrogens is 959 g/mol. The average Bonchev–Trinajstić information content (AvgIpc) is 3.44. The zero-order chi connectivity index (χ0) is 56.4. The van der Waals surface area contributed by atoms with Crippen LogP contribution in [0.4, 0.5) is 0 Å². The van der Waals surface area contributed by atoms with E-state index < -0.39 is 12.1 Å². The Morgan fingerprint density at radius 2 is 0.667 bits per heavy atom. The minimum atomic E-state index is -0.840. The molecule has 78 heavy (non-hydrogen) atoms. The molecule has 0 fully saturated rings. The summed E-state index contributed by atoms with van der Waals surface area (Å²) in [7, 11) is 0. The fourth-order valence-corrected chi connectivity index (χ4v) is 10.5. The molecule has 456 valence electrons. The second-order valence-electron chi connectivity index (χ2n) is 23.5. The molecule has 0 aromatic carbocycles. The van der Waals surface area contributed by atoms with Crippen molar-refractivity contribution in [3.63, 3.8) is 0 Å². The van der Waals surface area contributed by atoms with Crippen LogP contribution in [0, 0.1) is 0 Å². The van der Waals surface area contributed by atoms with Gasteiger partial charge in [0, 0.05) is 12.8 Å². The maximum atomic E-state index is 12.4. The predicted molar refractivity (Wildman–Crippen MR) is 342 cm³/mol. The van der Waals surface area contributed by atoms with Gasteiger partial charge in [0.1, 0.15) is 0 Å². The largest absolute Gasteiger partial charge is 0.466 e. The number of carbonyl (C=O) groups excluding carboxylic acids is 2. The Kier molecular flexibility index (Phi) is 65.0. The van der Waals surface area contributed by atoms with E-state index in [2.05, 4.69) is 67.8 Å². The van der Waals surface area contributed by atoms with Crippen molar-refractivity contribution in [3.8, 4) is 0 Å². The smallest absolute Gasteiger partial charge is 0.305 e. The number of unbranched alkanes of at least 4 members (excludes halogenated alkanes) is 45. The van der Waals surface area contributed by atoms with Gasteiger partial charge in [-0.25, -0.2) is 0 Å². The van der Waals surface area contributed by atoms with Crippen molar-refractivity contribution in [2.24, 2.45) is 0 Å². The minimum Gasteiger partial charge on any atom is -0.466 e. The Bertz CT molecular complexity index is 1350. The van der Waals surface area contributed by atoms with Gasteiger partial charge in [-0.1, -0.05) is 319 Å². The molecule has 0 aromatic rings. The predicted octanol–water partition coefficient (Wildman–Crippen LogP) is 22.3. The van der Waals surface area contributed by atoms with Crippen LogP contribution in [-0.4, -0.2) is 47.4 Å². The maximum Gasteiger partial charge on any atom is 0.305 e. The highest BCUT2D eigenvalue weighted by Crippen LogP contribution is 2.18. The first-order valence-electron chi connectivity index (χ1n) is 34.6. The fraction of sp³-hybridized carbons (Fsp3) is 0.833. The van der Waals surface area contributed by atoms with E-state index in [-0.39, 0.29) is 18.5 Å². The Hall–Kier alpha value is -2.44. The normalized spacial score (nSPS) is 12.9. The van der Waals surface area contributed by atoms with E-state index in [1.165, 1.54) is 276 Å². The van der Waals surface area contributed by atoms with Gasteiger partial charge in [-0.3, -0.25) is 9.59 Å². The molecule has 6 heteroatoms. The van der Waals surface area contributed by atoms with Crippen LogP contribution < -0.4 is 5.32 Å². The van der Waals surface area contributed by atoms with Gasteiger partial charge >= 0.3 is 5.97 Å². The number of ether oxygens (including phenoxy) is 1. The molecule has 0 aliphatic carbocycles. The summed E-state index contributed by atoms with van der Waals surface area (Å²) in [5, 5.41) is 23.0. The number of esters is 1. The second-order valence-corrected chi connectivity index (χ2v) is 23.5. The van der Waals surface area contributed by atoms with Crippen LogP contribution in [0.3, 0.4) is 0 Å². The third kappa shape index (κ3) is 62.8. The third-order valence-electron chi connectivity index (χ3n) is 15.7. The van der Waals surface area contributed by atoms with Crippen molar-refractivity contribution in [1.29, 1.82) is 0 Å². The molecule has 0 bridgehead atoms. The number of carbonyl (C=O) groups is 2. The van der Waals surface area contributed by atoms with Gasteiger partial charge in [0.15, 0.2) is 0 Å². The number of aliphatic hydroxyl groups excluding tert-OH is 2. The highest BCUT2D eigenvalue weighted by Gasteiger charge is 2.18. The molecule has 0 radical (unpaired) electrons. The van der Waals surface area contributed by atoms with Crippen LogP contribution in [0.2, 0.25) is 0 Å². The van der Waals surface area contributed by atoms with Gasteiger partial charge in [-0.2, -0.15) is 0 Å². The van der Waals surface area contributed by atoms with Crippen LogP contribution >= 0.6 is 0 Å². The molecule has 0 saturated carbocycles. The van der Waals surface area contributed by atoms with Crippen molar-refractivity contribution in [2.75, 3.05) is 13.2 Å². The molecule has 0 rings (SSSR count). The molecule has 2 atom stereocenters. The molecule has 0 saturated heterocycles. The molecule has 0 spiro atoms. The molecular formula is C72H133NO5. The highest BCUT2D eigenvalue weighted by molar-refractivity contribution is 5.76. The third-order valence-corrected chi connectivity index (χ3v) is 15.7.